The van der Waals surface area contributed by atoms with Gasteiger partial charge in [0.1, 0.15) is 6.61 Å². The lowest BCUT2D eigenvalue weighted by molar-refractivity contribution is -0.174. The molecule has 0 heterocycles. The molecule has 26 heavy (non-hydrogen) atoms. The van der Waals surface area contributed by atoms with Crippen molar-refractivity contribution in [1.82, 2.24) is 5.32 Å². The third kappa shape index (κ3) is 7.23. The van der Waals surface area contributed by atoms with E-state index in [1.165, 1.54) is 32.1 Å². The highest BCUT2D eigenvalue weighted by molar-refractivity contribution is 5.75. The van der Waals surface area contributed by atoms with Gasteiger partial charge < -0.3 is 15.0 Å². The maximum absolute atomic E-state index is 11.9. The van der Waals surface area contributed by atoms with Crippen molar-refractivity contribution in [3.63, 3.8) is 0 Å². The minimum absolute atomic E-state index is 0.0847. The first kappa shape index (κ1) is 20.6. The molecular formula is C19H27F3N2O2. The van der Waals surface area contributed by atoms with Crippen LogP contribution in [0.4, 0.5) is 18.9 Å². The molecule has 1 aliphatic carbocycles. The van der Waals surface area contributed by atoms with Gasteiger partial charge in [0, 0.05) is 31.7 Å². The summed E-state index contributed by atoms with van der Waals surface area (Å²) in [6, 6.07) is 8.61. The largest absolute Gasteiger partial charge is 0.411 e. The summed E-state index contributed by atoms with van der Waals surface area (Å²) in [5.41, 5.74) is 2.11. The number of carbonyl (C=O) groups is 1. The molecule has 4 nitrogen and oxygen atoms in total. The molecule has 0 atom stereocenters. The molecule has 1 aromatic rings. The van der Waals surface area contributed by atoms with Crippen LogP contribution in [0.2, 0.25) is 0 Å². The van der Waals surface area contributed by atoms with Crippen molar-refractivity contribution in [2.75, 3.05) is 25.2 Å². The molecule has 0 aromatic heterocycles. The van der Waals surface area contributed by atoms with Crippen molar-refractivity contribution in [2.24, 2.45) is 0 Å². The van der Waals surface area contributed by atoms with Crippen molar-refractivity contribution < 1.29 is 22.7 Å². The topological polar surface area (TPSA) is 41.6 Å². The number of alkyl halides is 3. The SMILES string of the molecule is CN(c1ccc(CNC(=O)CCOCC(F)(F)F)cc1)C1CCCCC1. The molecule has 0 bridgehead atoms. The lowest BCUT2D eigenvalue weighted by Crippen LogP contribution is -2.33. The molecule has 1 saturated carbocycles. The van der Waals surface area contributed by atoms with E-state index in [0.717, 1.165) is 11.3 Å². The molecule has 1 aliphatic rings. The van der Waals surface area contributed by atoms with E-state index in [0.29, 0.717) is 12.6 Å². The first-order chi connectivity index (χ1) is 12.3. The molecule has 1 N–H and O–H groups in total. The minimum Gasteiger partial charge on any atom is -0.372 e. The number of carbonyl (C=O) groups excluding carboxylic acids is 1. The summed E-state index contributed by atoms with van der Waals surface area (Å²) in [5.74, 6) is -0.324. The molecule has 0 radical (unpaired) electrons. The molecule has 7 heteroatoms. The van der Waals surface area contributed by atoms with Gasteiger partial charge in [0.25, 0.3) is 0 Å². The number of ether oxygens (including phenoxy) is 1. The standard InChI is InChI=1S/C19H27F3N2O2/c1-24(16-5-3-2-4-6-16)17-9-7-15(8-10-17)13-23-18(25)11-12-26-14-19(20,21)22/h7-10,16H,2-6,11-14H2,1H3,(H,23,25). The molecule has 0 saturated heterocycles. The van der Waals surface area contributed by atoms with E-state index in [9.17, 15) is 18.0 Å². The molecule has 2 rings (SSSR count). The summed E-state index contributed by atoms with van der Waals surface area (Å²) in [5, 5.41) is 2.69. The predicted octanol–water partition coefficient (Wildman–Crippen LogP) is 4.04. The van der Waals surface area contributed by atoms with Gasteiger partial charge in [0.2, 0.25) is 5.91 Å². The second-order valence-electron chi connectivity index (χ2n) is 6.76. The third-order valence-corrected chi connectivity index (χ3v) is 4.69. The van der Waals surface area contributed by atoms with Gasteiger partial charge in [-0.05, 0) is 30.5 Å². The Morgan fingerprint density at radius 2 is 1.85 bits per heavy atom. The highest BCUT2D eigenvalue weighted by atomic mass is 19.4. The minimum atomic E-state index is -4.36. The Morgan fingerprint density at radius 1 is 1.19 bits per heavy atom. The van der Waals surface area contributed by atoms with Crippen LogP contribution in [-0.4, -0.2) is 38.4 Å². The zero-order valence-electron chi connectivity index (χ0n) is 15.1. The molecule has 0 aliphatic heterocycles. The van der Waals surface area contributed by atoms with Crippen LogP contribution < -0.4 is 10.2 Å². The Kier molecular flexibility index (Phi) is 7.75. The van der Waals surface area contributed by atoms with Crippen molar-refractivity contribution in [3.8, 4) is 0 Å². The van der Waals surface area contributed by atoms with Gasteiger partial charge in [-0.1, -0.05) is 31.4 Å². The molecule has 1 fully saturated rings. The Labute approximate surface area is 152 Å². The fourth-order valence-electron chi connectivity index (χ4n) is 3.17. The van der Waals surface area contributed by atoms with Crippen LogP contribution in [0.1, 0.15) is 44.1 Å². The average molecular weight is 372 g/mol. The smallest absolute Gasteiger partial charge is 0.372 e. The van der Waals surface area contributed by atoms with Gasteiger partial charge in [-0.2, -0.15) is 13.2 Å². The quantitative estimate of drug-likeness (QED) is 0.700. The van der Waals surface area contributed by atoms with E-state index in [1.54, 1.807) is 0 Å². The molecule has 0 unspecified atom stereocenters. The second-order valence-corrected chi connectivity index (χ2v) is 6.76. The van der Waals surface area contributed by atoms with Gasteiger partial charge >= 0.3 is 6.18 Å². The summed E-state index contributed by atoms with van der Waals surface area (Å²) in [6.45, 7) is -1.21. The van der Waals surface area contributed by atoms with E-state index in [2.05, 4.69) is 22.0 Å². The van der Waals surface area contributed by atoms with Gasteiger partial charge in [0.15, 0.2) is 0 Å². The van der Waals surface area contributed by atoms with E-state index in [-0.39, 0.29) is 18.9 Å². The van der Waals surface area contributed by atoms with Crippen LogP contribution >= 0.6 is 0 Å². The van der Waals surface area contributed by atoms with Gasteiger partial charge in [-0.15, -0.1) is 0 Å². The first-order valence-electron chi connectivity index (χ1n) is 9.08. The van der Waals surface area contributed by atoms with Crippen LogP contribution in [0.5, 0.6) is 0 Å². The molecule has 1 amide bonds. The monoisotopic (exact) mass is 372 g/mol. The number of anilines is 1. The van der Waals surface area contributed by atoms with Gasteiger partial charge in [0.05, 0.1) is 6.61 Å². The average Bonchev–Trinajstić information content (AvgIpc) is 2.63. The molecule has 0 spiro atoms. The summed E-state index contributed by atoms with van der Waals surface area (Å²) in [4.78, 5) is 14.0. The van der Waals surface area contributed by atoms with Crippen molar-refractivity contribution in [3.05, 3.63) is 29.8 Å². The molecular weight excluding hydrogens is 345 g/mol. The molecule has 146 valence electrons. The number of hydrogen-bond donors (Lipinski definition) is 1. The highest BCUT2D eigenvalue weighted by Gasteiger charge is 2.27. The summed E-state index contributed by atoms with van der Waals surface area (Å²) >= 11 is 0. The molecule has 1 aromatic carbocycles. The predicted molar refractivity (Wildman–Crippen MR) is 95.1 cm³/mol. The van der Waals surface area contributed by atoms with Crippen molar-refractivity contribution in [2.45, 2.75) is 57.3 Å². The van der Waals surface area contributed by atoms with Crippen LogP contribution in [0.25, 0.3) is 0 Å². The fourth-order valence-corrected chi connectivity index (χ4v) is 3.17. The lowest BCUT2D eigenvalue weighted by Gasteiger charge is -2.33. The van der Waals surface area contributed by atoms with Crippen LogP contribution in [0, 0.1) is 0 Å². The Hall–Kier alpha value is -1.76. The summed E-state index contributed by atoms with van der Waals surface area (Å²) in [6.07, 6.45) is 1.90. The van der Waals surface area contributed by atoms with Crippen LogP contribution in [0.15, 0.2) is 24.3 Å². The van der Waals surface area contributed by atoms with E-state index < -0.39 is 12.8 Å². The number of hydrogen-bond acceptors (Lipinski definition) is 3. The maximum atomic E-state index is 11.9. The van der Waals surface area contributed by atoms with Gasteiger partial charge in [-0.3, -0.25) is 4.79 Å². The maximum Gasteiger partial charge on any atom is 0.411 e. The number of nitrogens with zero attached hydrogens (tertiary/aromatic N) is 1. The summed E-state index contributed by atoms with van der Waals surface area (Å²) < 4.78 is 40.2. The number of nitrogens with one attached hydrogen (secondary N) is 1. The van der Waals surface area contributed by atoms with Gasteiger partial charge in [-0.25, -0.2) is 0 Å². The number of benzene rings is 1. The zero-order chi connectivity index (χ0) is 19.0. The highest BCUT2D eigenvalue weighted by Crippen LogP contribution is 2.26. The third-order valence-electron chi connectivity index (χ3n) is 4.69. The zero-order valence-corrected chi connectivity index (χ0v) is 15.1. The number of halogens is 3. The Balaban J connectivity index is 1.70. The first-order valence-corrected chi connectivity index (χ1v) is 9.08. The van der Waals surface area contributed by atoms with E-state index in [1.807, 2.05) is 24.3 Å². The lowest BCUT2D eigenvalue weighted by atomic mass is 9.94. The van der Waals surface area contributed by atoms with E-state index >= 15 is 0 Å². The van der Waals surface area contributed by atoms with E-state index in [4.69, 9.17) is 0 Å². The Bertz CT molecular complexity index is 555. The fraction of sp³-hybridized carbons (Fsp3) is 0.632. The normalized spacial score (nSPS) is 15.7. The Morgan fingerprint density at radius 3 is 2.46 bits per heavy atom. The van der Waals surface area contributed by atoms with Crippen LogP contribution in [0.3, 0.4) is 0 Å². The van der Waals surface area contributed by atoms with Crippen molar-refractivity contribution in [1.29, 1.82) is 0 Å². The summed E-state index contributed by atoms with van der Waals surface area (Å²) in [7, 11) is 2.12. The van der Waals surface area contributed by atoms with Crippen molar-refractivity contribution >= 4 is 11.6 Å². The van der Waals surface area contributed by atoms with Crippen LogP contribution in [-0.2, 0) is 16.1 Å². The second kappa shape index (κ2) is 9.80. The number of rotatable bonds is 8. The number of amides is 1.